The van der Waals surface area contributed by atoms with Crippen molar-refractivity contribution in [3.8, 4) is 0 Å². The van der Waals surface area contributed by atoms with Gasteiger partial charge in [0.25, 0.3) is 0 Å². The maximum Gasteiger partial charge on any atom is 0.325 e. The summed E-state index contributed by atoms with van der Waals surface area (Å²) in [5.74, 6) is -0.821. The third-order valence-corrected chi connectivity index (χ3v) is 3.52. The van der Waals surface area contributed by atoms with Gasteiger partial charge in [-0.3, -0.25) is 4.79 Å². The third-order valence-electron chi connectivity index (χ3n) is 3.52. The van der Waals surface area contributed by atoms with E-state index in [1.807, 2.05) is 31.2 Å². The van der Waals surface area contributed by atoms with Crippen LogP contribution in [0.25, 0.3) is 0 Å². The summed E-state index contributed by atoms with van der Waals surface area (Å²) in [5.41, 5.74) is 1.90. The Morgan fingerprint density at radius 3 is 2.60 bits per heavy atom. The van der Waals surface area contributed by atoms with Crippen LogP contribution < -0.4 is 5.32 Å². The number of hydrogen-bond donors (Lipinski definition) is 2. The van der Waals surface area contributed by atoms with Crippen LogP contribution in [-0.2, 0) is 4.79 Å². The van der Waals surface area contributed by atoms with Crippen LogP contribution in [0.15, 0.2) is 24.3 Å². The van der Waals surface area contributed by atoms with E-state index in [0.717, 1.165) is 37.2 Å². The van der Waals surface area contributed by atoms with Crippen molar-refractivity contribution in [2.24, 2.45) is 0 Å². The van der Waals surface area contributed by atoms with Crippen LogP contribution in [0, 0.1) is 6.92 Å². The lowest BCUT2D eigenvalue weighted by Crippen LogP contribution is -2.32. The van der Waals surface area contributed by atoms with Crippen LogP contribution in [0.4, 0.5) is 0 Å². The fourth-order valence-electron chi connectivity index (χ4n) is 2.29. The van der Waals surface area contributed by atoms with E-state index < -0.39 is 12.0 Å². The monoisotopic (exact) mass is 278 g/mol. The molecule has 0 amide bonds. The second kappa shape index (κ2) is 8.72. The lowest BCUT2D eigenvalue weighted by Gasteiger charge is -2.19. The normalized spacial score (nSPS) is 12.6. The summed E-state index contributed by atoms with van der Waals surface area (Å²) < 4.78 is 0. The molecule has 0 spiro atoms. The molecule has 1 unspecified atom stereocenters. The summed E-state index contributed by atoms with van der Waals surface area (Å²) in [6, 6.07) is 7.05. The Morgan fingerprint density at radius 2 is 2.05 bits per heavy atom. The number of rotatable bonds is 9. The molecule has 1 rings (SSSR count). The number of hydrogen-bond acceptors (Lipinski definition) is 3. The van der Waals surface area contributed by atoms with Gasteiger partial charge in [0.15, 0.2) is 0 Å². The van der Waals surface area contributed by atoms with E-state index in [1.54, 1.807) is 0 Å². The van der Waals surface area contributed by atoms with Gasteiger partial charge in [-0.05, 0) is 45.1 Å². The van der Waals surface area contributed by atoms with Crippen molar-refractivity contribution in [3.63, 3.8) is 0 Å². The first-order valence-corrected chi connectivity index (χ1v) is 7.33. The molecule has 0 heterocycles. The summed E-state index contributed by atoms with van der Waals surface area (Å²) in [6.07, 6.45) is 0.956. The number of aryl methyl sites for hydroxylation is 1. The molecule has 1 aromatic carbocycles. The molecule has 2 N–H and O–H groups in total. The smallest absolute Gasteiger partial charge is 0.325 e. The zero-order valence-corrected chi connectivity index (χ0v) is 12.7. The topological polar surface area (TPSA) is 52.6 Å². The number of carboxylic acids is 1. The molecule has 0 aliphatic rings. The largest absolute Gasteiger partial charge is 0.480 e. The Balaban J connectivity index is 2.50. The minimum absolute atomic E-state index is 0.619. The van der Waals surface area contributed by atoms with E-state index >= 15 is 0 Å². The van der Waals surface area contributed by atoms with Gasteiger partial charge < -0.3 is 15.3 Å². The second-order valence-electron chi connectivity index (χ2n) is 5.02. The van der Waals surface area contributed by atoms with Crippen LogP contribution in [0.5, 0.6) is 0 Å². The van der Waals surface area contributed by atoms with Crippen molar-refractivity contribution in [1.29, 1.82) is 0 Å². The van der Waals surface area contributed by atoms with Gasteiger partial charge >= 0.3 is 5.97 Å². The Kier molecular flexibility index (Phi) is 7.26. The molecule has 1 aromatic rings. The highest BCUT2D eigenvalue weighted by atomic mass is 16.4. The van der Waals surface area contributed by atoms with Crippen molar-refractivity contribution in [2.45, 2.75) is 33.2 Å². The highest BCUT2D eigenvalue weighted by Crippen LogP contribution is 2.14. The predicted octanol–water partition coefficient (Wildman–Crippen LogP) is 2.44. The third kappa shape index (κ3) is 5.31. The second-order valence-corrected chi connectivity index (χ2v) is 5.02. The van der Waals surface area contributed by atoms with Gasteiger partial charge in [0.2, 0.25) is 0 Å². The Hall–Kier alpha value is -1.39. The fraction of sp³-hybridized carbons (Fsp3) is 0.562. The molecular weight excluding hydrogens is 252 g/mol. The number of carbonyl (C=O) groups is 1. The van der Waals surface area contributed by atoms with Crippen LogP contribution in [0.3, 0.4) is 0 Å². The summed E-state index contributed by atoms with van der Waals surface area (Å²) >= 11 is 0. The average molecular weight is 278 g/mol. The van der Waals surface area contributed by atoms with Crippen molar-refractivity contribution < 1.29 is 9.90 Å². The fourth-order valence-corrected chi connectivity index (χ4v) is 2.29. The number of benzene rings is 1. The minimum Gasteiger partial charge on any atom is -0.480 e. The highest BCUT2D eigenvalue weighted by molar-refractivity contribution is 5.75. The van der Waals surface area contributed by atoms with Gasteiger partial charge in [0, 0.05) is 0 Å². The highest BCUT2D eigenvalue weighted by Gasteiger charge is 2.18. The number of nitrogens with zero attached hydrogens (tertiary/aromatic N) is 1. The molecular formula is C16H26N2O2. The van der Waals surface area contributed by atoms with E-state index in [0.29, 0.717) is 6.54 Å². The molecule has 0 aliphatic heterocycles. The molecule has 0 fully saturated rings. The molecule has 20 heavy (non-hydrogen) atoms. The van der Waals surface area contributed by atoms with E-state index in [-0.39, 0.29) is 0 Å². The van der Waals surface area contributed by atoms with Crippen molar-refractivity contribution in [1.82, 2.24) is 10.2 Å². The van der Waals surface area contributed by atoms with E-state index in [9.17, 15) is 9.90 Å². The molecule has 4 heteroatoms. The van der Waals surface area contributed by atoms with E-state index in [2.05, 4.69) is 24.1 Å². The van der Waals surface area contributed by atoms with Crippen LogP contribution in [-0.4, -0.2) is 42.2 Å². The maximum atomic E-state index is 11.4. The lowest BCUT2D eigenvalue weighted by molar-refractivity contribution is -0.139. The van der Waals surface area contributed by atoms with Crippen molar-refractivity contribution in [3.05, 3.63) is 35.4 Å². The predicted molar refractivity (Wildman–Crippen MR) is 82.0 cm³/mol. The maximum absolute atomic E-state index is 11.4. The summed E-state index contributed by atoms with van der Waals surface area (Å²) in [6.45, 7) is 10.0. The first kappa shape index (κ1) is 16.7. The van der Waals surface area contributed by atoms with E-state index in [1.165, 1.54) is 0 Å². The number of nitrogens with one attached hydrogen (secondary N) is 1. The standard InChI is InChI=1S/C16H26N2O2/c1-4-18(5-2)11-7-10-17-15(16(19)20)14-9-6-8-13(3)12-14/h6,8-9,12,15,17H,4-5,7,10-11H2,1-3H3,(H,19,20). The first-order valence-electron chi connectivity index (χ1n) is 7.33. The number of carboxylic acid groups (broad SMARTS) is 1. The molecule has 1 atom stereocenters. The first-order chi connectivity index (χ1) is 9.58. The van der Waals surface area contributed by atoms with Gasteiger partial charge in [-0.25, -0.2) is 0 Å². The van der Waals surface area contributed by atoms with Gasteiger partial charge in [-0.2, -0.15) is 0 Å². The zero-order valence-electron chi connectivity index (χ0n) is 12.7. The van der Waals surface area contributed by atoms with Crippen molar-refractivity contribution >= 4 is 5.97 Å². The molecule has 4 nitrogen and oxygen atoms in total. The Morgan fingerprint density at radius 1 is 1.35 bits per heavy atom. The number of aliphatic carboxylic acids is 1. The summed E-state index contributed by atoms with van der Waals surface area (Å²) in [7, 11) is 0. The summed E-state index contributed by atoms with van der Waals surface area (Å²) in [5, 5.41) is 12.5. The SMILES string of the molecule is CCN(CC)CCCNC(C(=O)O)c1cccc(C)c1. The Labute approximate surface area is 121 Å². The summed E-state index contributed by atoms with van der Waals surface area (Å²) in [4.78, 5) is 13.7. The van der Waals surface area contributed by atoms with Crippen LogP contribution in [0.2, 0.25) is 0 Å². The van der Waals surface area contributed by atoms with E-state index in [4.69, 9.17) is 0 Å². The quantitative estimate of drug-likeness (QED) is 0.681. The van der Waals surface area contributed by atoms with Crippen LogP contribution >= 0.6 is 0 Å². The average Bonchev–Trinajstić information content (AvgIpc) is 2.42. The molecule has 112 valence electrons. The molecule has 0 aliphatic carbocycles. The van der Waals surface area contributed by atoms with Gasteiger partial charge in [-0.15, -0.1) is 0 Å². The molecule has 0 bridgehead atoms. The molecule has 0 aromatic heterocycles. The minimum atomic E-state index is -0.821. The van der Waals surface area contributed by atoms with Gasteiger partial charge in [0.1, 0.15) is 6.04 Å². The van der Waals surface area contributed by atoms with Gasteiger partial charge in [0.05, 0.1) is 0 Å². The molecule has 0 saturated carbocycles. The zero-order chi connectivity index (χ0) is 15.0. The van der Waals surface area contributed by atoms with Crippen LogP contribution in [0.1, 0.15) is 37.4 Å². The van der Waals surface area contributed by atoms with Crippen molar-refractivity contribution in [2.75, 3.05) is 26.2 Å². The van der Waals surface area contributed by atoms with Gasteiger partial charge in [-0.1, -0.05) is 43.7 Å². The molecule has 0 radical (unpaired) electrons. The Bertz CT molecular complexity index is 417. The molecule has 0 saturated heterocycles. The lowest BCUT2D eigenvalue weighted by atomic mass is 10.0.